The minimum absolute atomic E-state index is 0.0175. The smallest absolute Gasteiger partial charge is 0.247 e. The van der Waals surface area contributed by atoms with Gasteiger partial charge in [-0.2, -0.15) is 0 Å². The molecule has 0 bridgehead atoms. The molecule has 3 heteroatoms. The molecule has 0 aromatic rings. The summed E-state index contributed by atoms with van der Waals surface area (Å²) >= 11 is 0. The van der Waals surface area contributed by atoms with Crippen molar-refractivity contribution in [1.82, 2.24) is 10.6 Å². The van der Waals surface area contributed by atoms with Gasteiger partial charge in [0.05, 0.1) is 0 Å². The number of amides is 1. The van der Waals surface area contributed by atoms with Gasteiger partial charge in [-0.05, 0) is 19.4 Å². The van der Waals surface area contributed by atoms with Crippen LogP contribution in [-0.2, 0) is 4.79 Å². The third kappa shape index (κ3) is 2.42. The molecule has 0 radical (unpaired) electrons. The van der Waals surface area contributed by atoms with Crippen LogP contribution in [0.15, 0.2) is 23.8 Å². The van der Waals surface area contributed by atoms with Gasteiger partial charge in [-0.3, -0.25) is 4.79 Å². The van der Waals surface area contributed by atoms with E-state index in [0.29, 0.717) is 0 Å². The predicted molar refractivity (Wildman–Crippen MR) is 53.4 cm³/mol. The van der Waals surface area contributed by atoms with Gasteiger partial charge in [0.25, 0.3) is 0 Å². The van der Waals surface area contributed by atoms with Crippen molar-refractivity contribution in [2.75, 3.05) is 13.1 Å². The molecule has 1 aliphatic heterocycles. The molecule has 0 aromatic heterocycles. The van der Waals surface area contributed by atoms with E-state index in [0.717, 1.165) is 18.7 Å². The van der Waals surface area contributed by atoms with Crippen molar-refractivity contribution in [1.29, 1.82) is 0 Å². The Kier molecular flexibility index (Phi) is 3.25. The maximum Gasteiger partial charge on any atom is 0.247 e. The van der Waals surface area contributed by atoms with Crippen LogP contribution in [0.4, 0.5) is 0 Å². The number of carbonyl (C=O) groups excluding carboxylic acids is 1. The Morgan fingerprint density at radius 3 is 2.69 bits per heavy atom. The largest absolute Gasteiger partial charge is 0.346 e. The molecule has 2 N–H and O–H groups in total. The summed E-state index contributed by atoms with van der Waals surface area (Å²) in [5, 5.41) is 5.94. The molecule has 1 unspecified atom stereocenters. The van der Waals surface area contributed by atoms with E-state index in [1.807, 2.05) is 13.8 Å². The van der Waals surface area contributed by atoms with E-state index in [4.69, 9.17) is 0 Å². The number of hydrogen-bond acceptors (Lipinski definition) is 2. The summed E-state index contributed by atoms with van der Waals surface area (Å²) < 4.78 is 0. The van der Waals surface area contributed by atoms with Crippen molar-refractivity contribution < 1.29 is 4.79 Å². The summed E-state index contributed by atoms with van der Waals surface area (Å²) in [6.07, 6.45) is 1.72. The molecule has 1 fully saturated rings. The fourth-order valence-electron chi connectivity index (χ4n) is 1.05. The first kappa shape index (κ1) is 9.99. The second kappa shape index (κ2) is 4.23. The van der Waals surface area contributed by atoms with Gasteiger partial charge in [-0.1, -0.05) is 6.08 Å². The zero-order valence-electron chi connectivity index (χ0n) is 8.18. The summed E-state index contributed by atoms with van der Waals surface area (Å²) in [6, 6.07) is 0.0380. The molecule has 0 aliphatic carbocycles. The monoisotopic (exact) mass is 180 g/mol. The second-order valence-electron chi connectivity index (χ2n) is 3.33. The van der Waals surface area contributed by atoms with Crippen LogP contribution in [0.25, 0.3) is 0 Å². The number of nitrogens with one attached hydrogen (secondary N) is 2. The lowest BCUT2D eigenvalue weighted by atomic mass is 10.0. The van der Waals surface area contributed by atoms with E-state index in [-0.39, 0.29) is 11.9 Å². The van der Waals surface area contributed by atoms with Crippen LogP contribution in [0.1, 0.15) is 13.8 Å². The summed E-state index contributed by atoms with van der Waals surface area (Å²) in [7, 11) is 0. The fourth-order valence-corrected chi connectivity index (χ4v) is 1.05. The third-order valence-corrected chi connectivity index (χ3v) is 2.26. The summed E-state index contributed by atoms with van der Waals surface area (Å²) in [4.78, 5) is 11.5. The van der Waals surface area contributed by atoms with Crippen LogP contribution in [0, 0.1) is 0 Å². The van der Waals surface area contributed by atoms with E-state index in [9.17, 15) is 4.79 Å². The lowest BCUT2D eigenvalue weighted by Gasteiger charge is -2.22. The highest BCUT2D eigenvalue weighted by molar-refractivity contribution is 5.94. The zero-order chi connectivity index (χ0) is 9.84. The lowest BCUT2D eigenvalue weighted by Crippen LogP contribution is -2.39. The van der Waals surface area contributed by atoms with Crippen LogP contribution >= 0.6 is 0 Å². The molecule has 1 saturated heterocycles. The second-order valence-corrected chi connectivity index (χ2v) is 3.33. The van der Waals surface area contributed by atoms with Gasteiger partial charge in [0.2, 0.25) is 5.91 Å². The number of rotatable bonds is 3. The molecular weight excluding hydrogens is 164 g/mol. The van der Waals surface area contributed by atoms with E-state index in [1.54, 1.807) is 6.08 Å². The minimum atomic E-state index is 0.0175. The van der Waals surface area contributed by atoms with Crippen molar-refractivity contribution in [3.63, 3.8) is 0 Å². The lowest BCUT2D eigenvalue weighted by molar-refractivity contribution is -0.117. The molecule has 0 spiro atoms. The maximum atomic E-state index is 11.5. The Balaban J connectivity index is 2.52. The molecule has 0 aromatic carbocycles. The van der Waals surface area contributed by atoms with Gasteiger partial charge in [0.15, 0.2) is 0 Å². The van der Waals surface area contributed by atoms with E-state index in [1.165, 1.54) is 5.57 Å². The molecule has 3 nitrogen and oxygen atoms in total. The molecule has 1 heterocycles. The molecule has 13 heavy (non-hydrogen) atoms. The van der Waals surface area contributed by atoms with E-state index < -0.39 is 0 Å². The van der Waals surface area contributed by atoms with Crippen molar-refractivity contribution in [3.05, 3.63) is 23.8 Å². The maximum absolute atomic E-state index is 11.5. The molecule has 1 amide bonds. The summed E-state index contributed by atoms with van der Waals surface area (Å²) in [5.41, 5.74) is 2.04. The van der Waals surface area contributed by atoms with Gasteiger partial charge in [0.1, 0.15) is 0 Å². The van der Waals surface area contributed by atoms with Crippen molar-refractivity contribution in [2.24, 2.45) is 0 Å². The van der Waals surface area contributed by atoms with Gasteiger partial charge in [-0.15, -0.1) is 6.58 Å². The first-order valence-electron chi connectivity index (χ1n) is 4.48. The standard InChI is InChI=1S/C10H16N2O/c1-4-7(2)12-10(13)8(3)9-5-11-6-9/h4,7,11H,1,5-6H2,2-3H3,(H,12,13). The van der Waals surface area contributed by atoms with Crippen molar-refractivity contribution in [2.45, 2.75) is 19.9 Å². The summed E-state index contributed by atoms with van der Waals surface area (Å²) in [6.45, 7) is 9.07. The Morgan fingerprint density at radius 2 is 2.31 bits per heavy atom. The predicted octanol–water partition coefficient (Wildman–Crippen LogP) is 0.597. The minimum Gasteiger partial charge on any atom is -0.346 e. The summed E-state index contributed by atoms with van der Waals surface area (Å²) in [5.74, 6) is 0.0175. The molecular formula is C10H16N2O. The fraction of sp³-hybridized carbons (Fsp3) is 0.500. The number of hydrogen-bond donors (Lipinski definition) is 2. The third-order valence-electron chi connectivity index (χ3n) is 2.26. The van der Waals surface area contributed by atoms with Gasteiger partial charge >= 0.3 is 0 Å². The molecule has 1 rings (SSSR count). The SMILES string of the molecule is C=CC(C)NC(=O)C(C)=C1CNC1. The van der Waals surface area contributed by atoms with Crippen LogP contribution in [-0.4, -0.2) is 25.0 Å². The van der Waals surface area contributed by atoms with E-state index >= 15 is 0 Å². The van der Waals surface area contributed by atoms with Crippen LogP contribution in [0.5, 0.6) is 0 Å². The average Bonchev–Trinajstić information content (AvgIpc) is 2.00. The Labute approximate surface area is 78.9 Å². The molecule has 1 atom stereocenters. The Hall–Kier alpha value is -1.09. The highest BCUT2D eigenvalue weighted by Gasteiger charge is 2.16. The Morgan fingerprint density at radius 1 is 1.69 bits per heavy atom. The molecule has 72 valence electrons. The topological polar surface area (TPSA) is 41.1 Å². The highest BCUT2D eigenvalue weighted by atomic mass is 16.1. The van der Waals surface area contributed by atoms with E-state index in [2.05, 4.69) is 17.2 Å². The van der Waals surface area contributed by atoms with Gasteiger partial charge in [0, 0.05) is 24.7 Å². The van der Waals surface area contributed by atoms with Gasteiger partial charge < -0.3 is 10.6 Å². The quantitative estimate of drug-likeness (QED) is 0.493. The van der Waals surface area contributed by atoms with Gasteiger partial charge in [-0.25, -0.2) is 0 Å². The first-order valence-corrected chi connectivity index (χ1v) is 4.48. The van der Waals surface area contributed by atoms with Crippen LogP contribution in [0.2, 0.25) is 0 Å². The van der Waals surface area contributed by atoms with Crippen molar-refractivity contribution in [3.8, 4) is 0 Å². The number of carbonyl (C=O) groups is 1. The van der Waals surface area contributed by atoms with Crippen LogP contribution < -0.4 is 10.6 Å². The normalized spacial score (nSPS) is 17.2. The highest BCUT2D eigenvalue weighted by Crippen LogP contribution is 2.08. The van der Waals surface area contributed by atoms with Crippen LogP contribution in [0.3, 0.4) is 0 Å². The first-order chi connectivity index (χ1) is 6.15. The average molecular weight is 180 g/mol. The zero-order valence-corrected chi connectivity index (χ0v) is 8.18. The molecule has 0 saturated carbocycles. The Bertz CT molecular complexity index is 250. The molecule has 1 aliphatic rings. The van der Waals surface area contributed by atoms with Crippen molar-refractivity contribution >= 4 is 5.91 Å².